The smallest absolute Gasteiger partial charge is 0.181 e. The van der Waals surface area contributed by atoms with Crippen LogP contribution in [-0.4, -0.2) is 20.2 Å². The third-order valence-corrected chi connectivity index (χ3v) is 5.59. The summed E-state index contributed by atoms with van der Waals surface area (Å²) >= 11 is 0. The van der Waals surface area contributed by atoms with Crippen molar-refractivity contribution >= 4 is 5.69 Å². The molecule has 1 saturated carbocycles. The Morgan fingerprint density at radius 3 is 2.26 bits per heavy atom. The Labute approximate surface area is 160 Å². The zero-order valence-electron chi connectivity index (χ0n) is 16.3. The van der Waals surface area contributed by atoms with Crippen LogP contribution in [0.15, 0.2) is 48.5 Å². The lowest BCUT2D eigenvalue weighted by molar-refractivity contribution is 0.461. The molecule has 0 saturated heterocycles. The predicted molar refractivity (Wildman–Crippen MR) is 108 cm³/mol. The van der Waals surface area contributed by atoms with Crippen molar-refractivity contribution in [3.63, 3.8) is 0 Å². The van der Waals surface area contributed by atoms with E-state index in [-0.39, 0.29) is 5.54 Å². The summed E-state index contributed by atoms with van der Waals surface area (Å²) in [6.07, 6.45) is 4.42. The molecule has 2 aromatic carbocycles. The summed E-state index contributed by atoms with van der Waals surface area (Å²) in [7, 11) is 0. The highest BCUT2D eigenvalue weighted by atomic mass is 15.6. The van der Waals surface area contributed by atoms with Crippen LogP contribution in [0.5, 0.6) is 0 Å². The van der Waals surface area contributed by atoms with E-state index in [9.17, 15) is 0 Å². The predicted octanol–water partition coefficient (Wildman–Crippen LogP) is 4.98. The zero-order valence-corrected chi connectivity index (χ0v) is 16.3. The molecule has 0 amide bonds. The maximum absolute atomic E-state index is 4.46. The van der Waals surface area contributed by atoms with Gasteiger partial charge in [0, 0.05) is 5.69 Å². The van der Waals surface area contributed by atoms with Crippen LogP contribution in [0.25, 0.3) is 5.69 Å². The maximum Gasteiger partial charge on any atom is 0.181 e. The van der Waals surface area contributed by atoms with Gasteiger partial charge in [0.2, 0.25) is 0 Å². The topological polar surface area (TPSA) is 55.6 Å². The minimum Gasteiger partial charge on any atom is -0.373 e. The normalized spacial score (nSPS) is 16.0. The first kappa shape index (κ1) is 17.7. The van der Waals surface area contributed by atoms with E-state index in [1.165, 1.54) is 24.0 Å². The average Bonchev–Trinajstić information content (AvgIpc) is 3.34. The summed E-state index contributed by atoms with van der Waals surface area (Å²) in [4.78, 5) is 0. The Balaban J connectivity index is 1.70. The number of hydrogen-bond acceptors (Lipinski definition) is 4. The van der Waals surface area contributed by atoms with Gasteiger partial charge in [0.1, 0.15) is 0 Å². The molecule has 3 aromatic rings. The van der Waals surface area contributed by atoms with Crippen molar-refractivity contribution in [2.45, 2.75) is 57.9 Å². The van der Waals surface area contributed by atoms with Crippen molar-refractivity contribution in [1.82, 2.24) is 20.2 Å². The molecule has 140 valence electrons. The number of nitrogens with one attached hydrogen (secondary N) is 1. The van der Waals surface area contributed by atoms with E-state index >= 15 is 0 Å². The number of tetrazole rings is 1. The number of aromatic nitrogens is 4. The van der Waals surface area contributed by atoms with Gasteiger partial charge in [0.15, 0.2) is 5.82 Å². The SMILES string of the molecule is Cc1ccc(NC2(c3nnnn3-c3ccc(C(C)C)cc3)CCCC2)cc1. The van der Waals surface area contributed by atoms with Gasteiger partial charge >= 0.3 is 0 Å². The van der Waals surface area contributed by atoms with Crippen LogP contribution >= 0.6 is 0 Å². The number of rotatable bonds is 5. The summed E-state index contributed by atoms with van der Waals surface area (Å²) in [5.41, 5.74) is 4.48. The highest BCUT2D eigenvalue weighted by Gasteiger charge is 2.40. The third-order valence-electron chi connectivity index (χ3n) is 5.59. The van der Waals surface area contributed by atoms with Gasteiger partial charge in [-0.3, -0.25) is 0 Å². The van der Waals surface area contributed by atoms with E-state index in [2.05, 4.69) is 90.1 Å². The highest BCUT2D eigenvalue weighted by molar-refractivity contribution is 5.48. The lowest BCUT2D eigenvalue weighted by atomic mass is 9.95. The third kappa shape index (κ3) is 3.46. The summed E-state index contributed by atoms with van der Waals surface area (Å²) in [6, 6.07) is 17.1. The summed E-state index contributed by atoms with van der Waals surface area (Å²) in [5.74, 6) is 1.41. The maximum atomic E-state index is 4.46. The lowest BCUT2D eigenvalue weighted by Gasteiger charge is -2.30. The standard InChI is InChI=1S/C22H27N5/c1-16(2)18-8-12-20(13-9-18)27-21(24-25-26-27)22(14-4-5-15-22)23-19-10-6-17(3)7-11-19/h6-13,16,23H,4-5,14-15H2,1-3H3. The van der Waals surface area contributed by atoms with Crippen molar-refractivity contribution in [2.24, 2.45) is 0 Å². The Morgan fingerprint density at radius 2 is 1.63 bits per heavy atom. The molecule has 27 heavy (non-hydrogen) atoms. The molecule has 0 atom stereocenters. The number of hydrogen-bond donors (Lipinski definition) is 1. The molecule has 0 spiro atoms. The fraction of sp³-hybridized carbons (Fsp3) is 0.409. The minimum atomic E-state index is -0.227. The Morgan fingerprint density at radius 1 is 0.963 bits per heavy atom. The molecule has 0 radical (unpaired) electrons. The molecule has 5 nitrogen and oxygen atoms in total. The first-order valence-electron chi connectivity index (χ1n) is 9.81. The molecule has 5 heteroatoms. The van der Waals surface area contributed by atoms with Crippen molar-refractivity contribution in [2.75, 3.05) is 5.32 Å². The van der Waals surface area contributed by atoms with Gasteiger partial charge in [0.05, 0.1) is 11.2 Å². The van der Waals surface area contributed by atoms with Crippen molar-refractivity contribution in [3.8, 4) is 5.69 Å². The van der Waals surface area contributed by atoms with E-state index in [0.29, 0.717) is 5.92 Å². The van der Waals surface area contributed by atoms with Gasteiger partial charge in [-0.15, -0.1) is 5.10 Å². The minimum absolute atomic E-state index is 0.227. The van der Waals surface area contributed by atoms with Gasteiger partial charge in [-0.1, -0.05) is 56.5 Å². The monoisotopic (exact) mass is 361 g/mol. The second kappa shape index (κ2) is 7.14. The molecule has 0 bridgehead atoms. The van der Waals surface area contributed by atoms with Crippen molar-refractivity contribution in [1.29, 1.82) is 0 Å². The number of aryl methyl sites for hydroxylation is 1. The molecule has 1 fully saturated rings. The Kier molecular flexibility index (Phi) is 4.68. The average molecular weight is 361 g/mol. The van der Waals surface area contributed by atoms with E-state index in [1.807, 2.05) is 4.68 Å². The molecule has 1 aliphatic carbocycles. The van der Waals surface area contributed by atoms with E-state index in [1.54, 1.807) is 0 Å². The van der Waals surface area contributed by atoms with E-state index in [4.69, 9.17) is 0 Å². The van der Waals surface area contributed by atoms with Gasteiger partial charge in [-0.25, -0.2) is 0 Å². The van der Waals surface area contributed by atoms with Crippen molar-refractivity contribution < 1.29 is 0 Å². The summed E-state index contributed by atoms with van der Waals surface area (Å²) in [5, 5.41) is 16.6. The summed E-state index contributed by atoms with van der Waals surface area (Å²) in [6.45, 7) is 6.52. The van der Waals surface area contributed by atoms with Crippen molar-refractivity contribution in [3.05, 3.63) is 65.5 Å². The second-order valence-corrected chi connectivity index (χ2v) is 7.94. The lowest BCUT2D eigenvalue weighted by Crippen LogP contribution is -2.35. The zero-order chi connectivity index (χ0) is 18.9. The molecule has 0 unspecified atom stereocenters. The van der Waals surface area contributed by atoms with Crippen LogP contribution in [0, 0.1) is 6.92 Å². The van der Waals surface area contributed by atoms with E-state index < -0.39 is 0 Å². The Bertz CT molecular complexity index is 887. The number of anilines is 1. The fourth-order valence-corrected chi connectivity index (χ4v) is 3.96. The van der Waals surface area contributed by atoms with Crippen LogP contribution < -0.4 is 5.32 Å². The molecular weight excluding hydrogens is 334 g/mol. The molecule has 1 N–H and O–H groups in total. The van der Waals surface area contributed by atoms with Crippen LogP contribution in [0.4, 0.5) is 5.69 Å². The number of nitrogens with zero attached hydrogens (tertiary/aromatic N) is 4. The first-order valence-corrected chi connectivity index (χ1v) is 9.81. The van der Waals surface area contributed by atoms with Crippen LogP contribution in [0.2, 0.25) is 0 Å². The second-order valence-electron chi connectivity index (χ2n) is 7.94. The van der Waals surface area contributed by atoms with Gasteiger partial charge in [0.25, 0.3) is 0 Å². The highest BCUT2D eigenvalue weighted by Crippen LogP contribution is 2.41. The van der Waals surface area contributed by atoms with Gasteiger partial charge < -0.3 is 5.32 Å². The van der Waals surface area contributed by atoms with Gasteiger partial charge in [-0.05, 0) is 65.9 Å². The molecule has 0 aliphatic heterocycles. The molecule has 1 aliphatic rings. The fourth-order valence-electron chi connectivity index (χ4n) is 3.96. The number of benzene rings is 2. The quantitative estimate of drug-likeness (QED) is 0.697. The van der Waals surface area contributed by atoms with Crippen LogP contribution in [0.3, 0.4) is 0 Å². The Hall–Kier alpha value is -2.69. The van der Waals surface area contributed by atoms with Crippen LogP contribution in [-0.2, 0) is 5.54 Å². The molecule has 4 rings (SSSR count). The molecule has 1 heterocycles. The molecular formula is C22H27N5. The van der Waals surface area contributed by atoms with Gasteiger partial charge in [-0.2, -0.15) is 4.68 Å². The van der Waals surface area contributed by atoms with Crippen LogP contribution in [0.1, 0.15) is 62.4 Å². The van der Waals surface area contributed by atoms with E-state index in [0.717, 1.165) is 30.0 Å². The first-order chi connectivity index (χ1) is 13.1. The largest absolute Gasteiger partial charge is 0.373 e. The summed E-state index contributed by atoms with van der Waals surface area (Å²) < 4.78 is 1.90. The molecule has 1 aromatic heterocycles.